The van der Waals surface area contributed by atoms with Gasteiger partial charge in [-0.3, -0.25) is 0 Å². The summed E-state index contributed by atoms with van der Waals surface area (Å²) in [5, 5.41) is 3.30. The zero-order chi connectivity index (χ0) is 12.3. The van der Waals surface area contributed by atoms with E-state index < -0.39 is 0 Å². The number of nitrogens with one attached hydrogen (secondary N) is 1. The zero-order valence-electron chi connectivity index (χ0n) is 10.3. The lowest BCUT2D eigenvalue weighted by Crippen LogP contribution is -1.96. The fourth-order valence-electron chi connectivity index (χ4n) is 1.61. The van der Waals surface area contributed by atoms with Crippen molar-refractivity contribution < 1.29 is 4.74 Å². The van der Waals surface area contributed by atoms with Gasteiger partial charge in [-0.1, -0.05) is 6.07 Å². The van der Waals surface area contributed by atoms with E-state index in [1.54, 1.807) is 13.3 Å². The van der Waals surface area contributed by atoms with Gasteiger partial charge in [0.1, 0.15) is 11.6 Å². The van der Waals surface area contributed by atoms with Crippen LogP contribution in [0.3, 0.4) is 0 Å². The number of aromatic nitrogens is 1. The van der Waals surface area contributed by atoms with Crippen LogP contribution in [0.4, 0.5) is 11.5 Å². The van der Waals surface area contributed by atoms with Crippen LogP contribution in [0.5, 0.6) is 5.75 Å². The van der Waals surface area contributed by atoms with E-state index >= 15 is 0 Å². The van der Waals surface area contributed by atoms with Crippen molar-refractivity contribution >= 4 is 11.5 Å². The minimum atomic E-state index is 0.839. The number of pyridine rings is 1. The summed E-state index contributed by atoms with van der Waals surface area (Å²) in [7, 11) is 1.67. The molecule has 17 heavy (non-hydrogen) atoms. The number of benzene rings is 1. The Morgan fingerprint density at radius 2 is 1.94 bits per heavy atom. The quantitative estimate of drug-likeness (QED) is 0.873. The number of methoxy groups -OCH3 is 1. The second kappa shape index (κ2) is 4.87. The molecule has 0 saturated carbocycles. The summed E-state index contributed by atoms with van der Waals surface area (Å²) in [6.45, 7) is 4.10. The lowest BCUT2D eigenvalue weighted by atomic mass is 10.2. The van der Waals surface area contributed by atoms with E-state index in [-0.39, 0.29) is 0 Å². The van der Waals surface area contributed by atoms with Gasteiger partial charge in [-0.05, 0) is 43.2 Å². The number of nitrogens with zero attached hydrogens (tertiary/aromatic N) is 1. The highest BCUT2D eigenvalue weighted by Gasteiger charge is 2.02. The standard InChI is InChI=1S/C14H16N2O/c1-10-6-7-15-14(8-10)16-13-9-12(17-3)5-4-11(13)2/h4-9H,1-3H3,(H,15,16). The molecule has 0 amide bonds. The Bertz CT molecular complexity index is 523. The van der Waals surface area contributed by atoms with E-state index in [0.29, 0.717) is 0 Å². The molecule has 0 aliphatic rings. The van der Waals surface area contributed by atoms with Gasteiger partial charge in [-0.15, -0.1) is 0 Å². The van der Waals surface area contributed by atoms with Crippen molar-refractivity contribution in [3.8, 4) is 5.75 Å². The van der Waals surface area contributed by atoms with E-state index in [2.05, 4.69) is 17.2 Å². The molecule has 0 spiro atoms. The minimum Gasteiger partial charge on any atom is -0.497 e. The first kappa shape index (κ1) is 11.5. The summed E-state index contributed by atoms with van der Waals surface area (Å²) >= 11 is 0. The van der Waals surface area contributed by atoms with Crippen LogP contribution in [0, 0.1) is 13.8 Å². The van der Waals surface area contributed by atoms with Crippen LogP contribution in [0.15, 0.2) is 36.5 Å². The smallest absolute Gasteiger partial charge is 0.130 e. The van der Waals surface area contributed by atoms with Crippen LogP contribution in [0.1, 0.15) is 11.1 Å². The van der Waals surface area contributed by atoms with Gasteiger partial charge >= 0.3 is 0 Å². The molecule has 0 aliphatic heterocycles. The fourth-order valence-corrected chi connectivity index (χ4v) is 1.61. The molecule has 2 rings (SSSR count). The Kier molecular flexibility index (Phi) is 3.28. The van der Waals surface area contributed by atoms with Crippen LogP contribution in [0.2, 0.25) is 0 Å². The van der Waals surface area contributed by atoms with Crippen molar-refractivity contribution in [1.82, 2.24) is 4.98 Å². The van der Waals surface area contributed by atoms with E-state index in [4.69, 9.17) is 4.74 Å². The summed E-state index contributed by atoms with van der Waals surface area (Å²) in [6.07, 6.45) is 1.80. The molecule has 0 saturated heterocycles. The molecule has 0 aliphatic carbocycles. The average Bonchev–Trinajstić information content (AvgIpc) is 2.32. The van der Waals surface area contributed by atoms with Crippen LogP contribution in [-0.4, -0.2) is 12.1 Å². The van der Waals surface area contributed by atoms with Gasteiger partial charge in [0.05, 0.1) is 7.11 Å². The van der Waals surface area contributed by atoms with E-state index in [9.17, 15) is 0 Å². The molecular formula is C14H16N2O. The zero-order valence-corrected chi connectivity index (χ0v) is 10.3. The van der Waals surface area contributed by atoms with E-state index in [1.807, 2.05) is 37.3 Å². The first-order valence-corrected chi connectivity index (χ1v) is 5.53. The number of ether oxygens (including phenoxy) is 1. The molecular weight excluding hydrogens is 212 g/mol. The molecule has 1 heterocycles. The monoisotopic (exact) mass is 228 g/mol. The van der Waals surface area contributed by atoms with Gasteiger partial charge in [0, 0.05) is 18.0 Å². The van der Waals surface area contributed by atoms with Gasteiger partial charge in [0.2, 0.25) is 0 Å². The first-order valence-electron chi connectivity index (χ1n) is 5.53. The summed E-state index contributed by atoms with van der Waals surface area (Å²) in [6, 6.07) is 9.93. The maximum Gasteiger partial charge on any atom is 0.130 e. The molecule has 0 radical (unpaired) electrons. The highest BCUT2D eigenvalue weighted by Crippen LogP contribution is 2.24. The molecule has 1 aromatic heterocycles. The summed E-state index contributed by atoms with van der Waals surface area (Å²) in [4.78, 5) is 4.28. The van der Waals surface area contributed by atoms with Crippen molar-refractivity contribution in [3.63, 3.8) is 0 Å². The van der Waals surface area contributed by atoms with Gasteiger partial charge in [0.15, 0.2) is 0 Å². The Labute approximate surface area is 101 Å². The van der Waals surface area contributed by atoms with Gasteiger partial charge < -0.3 is 10.1 Å². The summed E-state index contributed by atoms with van der Waals surface area (Å²) < 4.78 is 5.21. The molecule has 0 atom stereocenters. The van der Waals surface area contributed by atoms with E-state index in [0.717, 1.165) is 22.8 Å². The van der Waals surface area contributed by atoms with Crippen LogP contribution < -0.4 is 10.1 Å². The molecule has 0 unspecified atom stereocenters. The predicted molar refractivity (Wildman–Crippen MR) is 70.0 cm³/mol. The topological polar surface area (TPSA) is 34.1 Å². The first-order chi connectivity index (χ1) is 8.19. The van der Waals surface area contributed by atoms with Crippen LogP contribution in [0.25, 0.3) is 0 Å². The predicted octanol–water partition coefficient (Wildman–Crippen LogP) is 3.45. The SMILES string of the molecule is COc1ccc(C)c(Nc2cc(C)ccn2)c1. The average molecular weight is 228 g/mol. The summed E-state index contributed by atoms with van der Waals surface area (Å²) in [5.74, 6) is 1.69. The second-order valence-corrected chi connectivity index (χ2v) is 4.02. The van der Waals surface area contributed by atoms with Crippen molar-refractivity contribution in [1.29, 1.82) is 0 Å². The molecule has 0 bridgehead atoms. The number of aryl methyl sites for hydroxylation is 2. The molecule has 0 fully saturated rings. The third-order valence-corrected chi connectivity index (χ3v) is 2.62. The summed E-state index contributed by atoms with van der Waals surface area (Å²) in [5.41, 5.74) is 3.36. The number of rotatable bonds is 3. The Morgan fingerprint density at radius 1 is 1.12 bits per heavy atom. The van der Waals surface area contributed by atoms with E-state index in [1.165, 1.54) is 5.56 Å². The largest absolute Gasteiger partial charge is 0.497 e. The maximum absolute atomic E-state index is 5.21. The Hall–Kier alpha value is -2.03. The van der Waals surface area contributed by atoms with Crippen molar-refractivity contribution in [3.05, 3.63) is 47.7 Å². The second-order valence-electron chi connectivity index (χ2n) is 4.02. The third-order valence-electron chi connectivity index (χ3n) is 2.62. The van der Waals surface area contributed by atoms with Gasteiger partial charge in [-0.2, -0.15) is 0 Å². The van der Waals surface area contributed by atoms with Gasteiger partial charge in [0.25, 0.3) is 0 Å². The van der Waals surface area contributed by atoms with Crippen LogP contribution >= 0.6 is 0 Å². The van der Waals surface area contributed by atoms with Crippen molar-refractivity contribution in [2.75, 3.05) is 12.4 Å². The molecule has 3 nitrogen and oxygen atoms in total. The number of hydrogen-bond donors (Lipinski definition) is 1. The maximum atomic E-state index is 5.21. The van der Waals surface area contributed by atoms with Crippen LogP contribution in [-0.2, 0) is 0 Å². The number of anilines is 2. The number of hydrogen-bond acceptors (Lipinski definition) is 3. The van der Waals surface area contributed by atoms with Crippen molar-refractivity contribution in [2.45, 2.75) is 13.8 Å². The fraction of sp³-hybridized carbons (Fsp3) is 0.214. The van der Waals surface area contributed by atoms with Crippen molar-refractivity contribution in [2.24, 2.45) is 0 Å². The molecule has 1 aromatic carbocycles. The lowest BCUT2D eigenvalue weighted by molar-refractivity contribution is 0.415. The Morgan fingerprint density at radius 3 is 2.65 bits per heavy atom. The molecule has 2 aromatic rings. The molecule has 3 heteroatoms. The Balaban J connectivity index is 2.29. The molecule has 88 valence electrons. The normalized spacial score (nSPS) is 10.1. The van der Waals surface area contributed by atoms with Gasteiger partial charge in [-0.25, -0.2) is 4.98 Å². The highest BCUT2D eigenvalue weighted by atomic mass is 16.5. The lowest BCUT2D eigenvalue weighted by Gasteiger charge is -2.10. The highest BCUT2D eigenvalue weighted by molar-refractivity contribution is 5.62. The molecule has 1 N–H and O–H groups in total. The minimum absolute atomic E-state index is 0.839. The third kappa shape index (κ3) is 2.75.